The van der Waals surface area contributed by atoms with Crippen LogP contribution in [0.4, 0.5) is 0 Å². The summed E-state index contributed by atoms with van der Waals surface area (Å²) in [5.41, 5.74) is 2.53. The second kappa shape index (κ2) is 8.06. The van der Waals surface area contributed by atoms with Crippen molar-refractivity contribution in [1.82, 2.24) is 0 Å². The standard InChI is InChI=1S/C19H25NO2/c1-14(2)11-15-9-10-16(12-20-13-19(21-3)22-4)18-8-6-5-7-17(15)18/h5-10,12,14,19H,11,13H2,1-4H3/b20-12+. The van der Waals surface area contributed by atoms with Crippen molar-refractivity contribution in [2.45, 2.75) is 26.6 Å². The lowest BCUT2D eigenvalue weighted by molar-refractivity contribution is -0.0936. The number of methoxy groups -OCH3 is 2. The molecule has 2 aromatic carbocycles. The van der Waals surface area contributed by atoms with Crippen LogP contribution in [0.25, 0.3) is 10.8 Å². The van der Waals surface area contributed by atoms with E-state index in [2.05, 4.69) is 55.2 Å². The highest BCUT2D eigenvalue weighted by atomic mass is 16.7. The maximum absolute atomic E-state index is 5.15. The van der Waals surface area contributed by atoms with Crippen LogP contribution in [-0.2, 0) is 15.9 Å². The summed E-state index contributed by atoms with van der Waals surface area (Å²) in [7, 11) is 3.25. The Kier molecular flexibility index (Phi) is 6.10. The van der Waals surface area contributed by atoms with Crippen molar-refractivity contribution < 1.29 is 9.47 Å². The number of rotatable bonds is 7. The summed E-state index contributed by atoms with van der Waals surface area (Å²) in [5.74, 6) is 0.645. The number of benzene rings is 2. The van der Waals surface area contributed by atoms with Crippen molar-refractivity contribution >= 4 is 17.0 Å². The molecule has 0 aliphatic rings. The van der Waals surface area contributed by atoms with Gasteiger partial charge in [0.05, 0.1) is 6.54 Å². The monoisotopic (exact) mass is 299 g/mol. The van der Waals surface area contributed by atoms with Crippen LogP contribution in [0.5, 0.6) is 0 Å². The zero-order valence-corrected chi connectivity index (χ0v) is 13.9. The summed E-state index contributed by atoms with van der Waals surface area (Å²) < 4.78 is 10.3. The summed E-state index contributed by atoms with van der Waals surface area (Å²) in [6.45, 7) is 4.99. The quantitative estimate of drug-likeness (QED) is 0.570. The van der Waals surface area contributed by atoms with Gasteiger partial charge in [-0.05, 0) is 28.7 Å². The minimum atomic E-state index is -0.289. The molecule has 118 valence electrons. The topological polar surface area (TPSA) is 30.8 Å². The van der Waals surface area contributed by atoms with Crippen LogP contribution in [0.15, 0.2) is 41.4 Å². The molecule has 0 aliphatic heterocycles. The Balaban J connectivity index is 2.30. The Hall–Kier alpha value is -1.71. The fraction of sp³-hybridized carbons (Fsp3) is 0.421. The summed E-state index contributed by atoms with van der Waals surface area (Å²) in [5, 5.41) is 2.56. The van der Waals surface area contributed by atoms with E-state index in [1.807, 2.05) is 6.21 Å². The first-order chi connectivity index (χ1) is 10.7. The van der Waals surface area contributed by atoms with Gasteiger partial charge in [0.25, 0.3) is 0 Å². The first-order valence-electron chi connectivity index (χ1n) is 7.71. The van der Waals surface area contributed by atoms with Crippen LogP contribution < -0.4 is 0 Å². The first kappa shape index (κ1) is 16.7. The van der Waals surface area contributed by atoms with Gasteiger partial charge in [0.1, 0.15) is 0 Å². The van der Waals surface area contributed by atoms with Gasteiger partial charge >= 0.3 is 0 Å². The van der Waals surface area contributed by atoms with E-state index in [0.717, 1.165) is 12.0 Å². The Morgan fingerprint density at radius 3 is 2.32 bits per heavy atom. The van der Waals surface area contributed by atoms with Crippen molar-refractivity contribution in [3.63, 3.8) is 0 Å². The predicted molar refractivity (Wildman–Crippen MR) is 92.8 cm³/mol. The van der Waals surface area contributed by atoms with E-state index < -0.39 is 0 Å². The number of hydrogen-bond donors (Lipinski definition) is 0. The van der Waals surface area contributed by atoms with Crippen molar-refractivity contribution in [2.24, 2.45) is 10.9 Å². The van der Waals surface area contributed by atoms with E-state index in [0.29, 0.717) is 12.5 Å². The van der Waals surface area contributed by atoms with Crippen LogP contribution >= 0.6 is 0 Å². The van der Waals surface area contributed by atoms with Crippen LogP contribution in [0.1, 0.15) is 25.0 Å². The average Bonchev–Trinajstić information content (AvgIpc) is 2.53. The Labute approximate surface area is 133 Å². The molecule has 2 aromatic rings. The molecule has 0 radical (unpaired) electrons. The highest BCUT2D eigenvalue weighted by Crippen LogP contribution is 2.24. The lowest BCUT2D eigenvalue weighted by Crippen LogP contribution is -2.16. The fourth-order valence-corrected chi connectivity index (χ4v) is 2.60. The Morgan fingerprint density at radius 1 is 1.00 bits per heavy atom. The third-order valence-corrected chi connectivity index (χ3v) is 3.69. The molecule has 0 aliphatic carbocycles. The molecule has 0 saturated heterocycles. The van der Waals surface area contributed by atoms with E-state index in [1.165, 1.54) is 16.3 Å². The van der Waals surface area contributed by atoms with Gasteiger partial charge in [-0.3, -0.25) is 4.99 Å². The van der Waals surface area contributed by atoms with Gasteiger partial charge < -0.3 is 9.47 Å². The molecular weight excluding hydrogens is 274 g/mol. The second-order valence-corrected chi connectivity index (χ2v) is 5.85. The number of nitrogens with zero attached hydrogens (tertiary/aromatic N) is 1. The van der Waals surface area contributed by atoms with Crippen molar-refractivity contribution in [1.29, 1.82) is 0 Å². The molecule has 2 rings (SSSR count). The second-order valence-electron chi connectivity index (χ2n) is 5.85. The van der Waals surface area contributed by atoms with E-state index in [9.17, 15) is 0 Å². The maximum atomic E-state index is 5.15. The number of aliphatic imine (C=N–C) groups is 1. The SMILES string of the molecule is COC(C/N=C/c1ccc(CC(C)C)c2ccccc12)OC. The first-order valence-corrected chi connectivity index (χ1v) is 7.71. The Bertz CT molecular complexity index is 630. The van der Waals surface area contributed by atoms with Gasteiger partial charge in [-0.15, -0.1) is 0 Å². The minimum Gasteiger partial charge on any atom is -0.354 e. The molecule has 0 saturated carbocycles. The van der Waals surface area contributed by atoms with Gasteiger partial charge in [0.15, 0.2) is 6.29 Å². The molecule has 0 spiro atoms. The van der Waals surface area contributed by atoms with Gasteiger partial charge in [0, 0.05) is 26.0 Å². The highest BCUT2D eigenvalue weighted by molar-refractivity contribution is 6.01. The molecule has 0 amide bonds. The van der Waals surface area contributed by atoms with Gasteiger partial charge in [0.2, 0.25) is 0 Å². The predicted octanol–water partition coefficient (Wildman–Crippen LogP) is 4.08. The lowest BCUT2D eigenvalue weighted by Gasteiger charge is -2.12. The van der Waals surface area contributed by atoms with E-state index in [-0.39, 0.29) is 6.29 Å². The van der Waals surface area contributed by atoms with Crippen molar-refractivity contribution in [3.05, 3.63) is 47.5 Å². The van der Waals surface area contributed by atoms with Crippen LogP contribution in [0.3, 0.4) is 0 Å². The highest BCUT2D eigenvalue weighted by Gasteiger charge is 2.07. The smallest absolute Gasteiger partial charge is 0.176 e. The van der Waals surface area contributed by atoms with E-state index in [4.69, 9.17) is 9.47 Å². The molecule has 3 nitrogen and oxygen atoms in total. The number of ether oxygens (including phenoxy) is 2. The molecule has 0 heterocycles. The molecule has 0 fully saturated rings. The molecule has 0 unspecified atom stereocenters. The molecule has 3 heteroatoms. The number of hydrogen-bond acceptors (Lipinski definition) is 3. The molecule has 0 bridgehead atoms. The third kappa shape index (κ3) is 4.15. The molecule has 0 atom stereocenters. The normalized spacial score (nSPS) is 12.1. The average molecular weight is 299 g/mol. The number of fused-ring (bicyclic) bond motifs is 1. The summed E-state index contributed by atoms with van der Waals surface area (Å²) in [6, 6.07) is 12.9. The Morgan fingerprint density at radius 2 is 1.68 bits per heavy atom. The fourth-order valence-electron chi connectivity index (χ4n) is 2.60. The van der Waals surface area contributed by atoms with Gasteiger partial charge in [-0.25, -0.2) is 0 Å². The van der Waals surface area contributed by atoms with E-state index in [1.54, 1.807) is 14.2 Å². The van der Waals surface area contributed by atoms with Gasteiger partial charge in [-0.2, -0.15) is 0 Å². The molecule has 0 aromatic heterocycles. The van der Waals surface area contributed by atoms with Crippen LogP contribution in [0.2, 0.25) is 0 Å². The zero-order chi connectivity index (χ0) is 15.9. The summed E-state index contributed by atoms with van der Waals surface area (Å²) in [6.07, 6.45) is 2.71. The zero-order valence-electron chi connectivity index (χ0n) is 13.9. The lowest BCUT2D eigenvalue weighted by atomic mass is 9.94. The maximum Gasteiger partial charge on any atom is 0.176 e. The molecule has 22 heavy (non-hydrogen) atoms. The summed E-state index contributed by atoms with van der Waals surface area (Å²) >= 11 is 0. The summed E-state index contributed by atoms with van der Waals surface area (Å²) in [4.78, 5) is 4.45. The van der Waals surface area contributed by atoms with Gasteiger partial charge in [-0.1, -0.05) is 50.2 Å². The largest absolute Gasteiger partial charge is 0.354 e. The van der Waals surface area contributed by atoms with Crippen molar-refractivity contribution in [3.8, 4) is 0 Å². The molecular formula is C19H25NO2. The molecule has 0 N–H and O–H groups in total. The third-order valence-electron chi connectivity index (χ3n) is 3.69. The van der Waals surface area contributed by atoms with E-state index >= 15 is 0 Å². The van der Waals surface area contributed by atoms with Crippen molar-refractivity contribution in [2.75, 3.05) is 20.8 Å². The van der Waals surface area contributed by atoms with Crippen LogP contribution in [-0.4, -0.2) is 33.3 Å². The minimum absolute atomic E-state index is 0.289. The van der Waals surface area contributed by atoms with Crippen LogP contribution in [0, 0.1) is 5.92 Å².